The van der Waals surface area contributed by atoms with Crippen LogP contribution in [0.15, 0.2) is 12.3 Å². The van der Waals surface area contributed by atoms with E-state index in [0.29, 0.717) is 16.6 Å². The van der Waals surface area contributed by atoms with Crippen LogP contribution in [-0.4, -0.2) is 34.1 Å². The molecule has 1 saturated carbocycles. The van der Waals surface area contributed by atoms with Crippen molar-refractivity contribution in [2.45, 2.75) is 38.1 Å². The van der Waals surface area contributed by atoms with Gasteiger partial charge in [0.15, 0.2) is 0 Å². The van der Waals surface area contributed by atoms with Crippen LogP contribution in [0.25, 0.3) is 10.2 Å². The molecule has 0 unspecified atom stereocenters. The molecule has 20 heavy (non-hydrogen) atoms. The van der Waals surface area contributed by atoms with Gasteiger partial charge in [-0.1, -0.05) is 19.3 Å². The van der Waals surface area contributed by atoms with Crippen LogP contribution in [0.4, 0.5) is 5.69 Å². The third kappa shape index (κ3) is 2.24. The Balaban J connectivity index is 1.89. The molecule has 0 bridgehead atoms. The highest BCUT2D eigenvalue weighted by Crippen LogP contribution is 2.33. The van der Waals surface area contributed by atoms with Gasteiger partial charge in [0.1, 0.15) is 9.71 Å². The first kappa shape index (κ1) is 13.3. The second-order valence-corrected chi connectivity index (χ2v) is 6.30. The van der Waals surface area contributed by atoms with E-state index in [1.54, 1.807) is 6.20 Å². The van der Waals surface area contributed by atoms with Crippen LogP contribution in [0.2, 0.25) is 0 Å². The molecule has 0 aliphatic heterocycles. The SMILES string of the molecule is CN(C(=O)c1sc2nnccc2c1N)C1CCCCC1. The summed E-state index contributed by atoms with van der Waals surface area (Å²) >= 11 is 1.33. The third-order valence-electron chi connectivity index (χ3n) is 4.06. The van der Waals surface area contributed by atoms with Crippen molar-refractivity contribution in [3.63, 3.8) is 0 Å². The highest BCUT2D eigenvalue weighted by molar-refractivity contribution is 7.21. The zero-order valence-corrected chi connectivity index (χ0v) is 12.3. The Labute approximate surface area is 121 Å². The number of nitrogens with two attached hydrogens (primary N) is 1. The largest absolute Gasteiger partial charge is 0.397 e. The Hall–Kier alpha value is -1.69. The van der Waals surface area contributed by atoms with Crippen LogP contribution >= 0.6 is 11.3 Å². The van der Waals surface area contributed by atoms with Crippen LogP contribution < -0.4 is 5.73 Å². The number of rotatable bonds is 2. The summed E-state index contributed by atoms with van der Waals surface area (Å²) in [4.78, 5) is 15.8. The molecule has 1 aliphatic carbocycles. The van der Waals surface area contributed by atoms with Crippen molar-refractivity contribution in [2.24, 2.45) is 0 Å². The standard InChI is InChI=1S/C14H18N4OS/c1-18(9-5-3-2-4-6-9)14(19)12-11(15)10-7-8-16-17-13(10)20-12/h7-9H,2-6,15H2,1H3. The van der Waals surface area contributed by atoms with Gasteiger partial charge in [0.25, 0.3) is 5.91 Å². The van der Waals surface area contributed by atoms with E-state index in [0.717, 1.165) is 23.1 Å². The van der Waals surface area contributed by atoms with Crippen LogP contribution in [-0.2, 0) is 0 Å². The summed E-state index contributed by atoms with van der Waals surface area (Å²) in [5, 5.41) is 8.70. The van der Waals surface area contributed by atoms with Gasteiger partial charge in [0, 0.05) is 18.5 Å². The molecule has 3 rings (SSSR count). The van der Waals surface area contributed by atoms with Crippen molar-refractivity contribution < 1.29 is 4.79 Å². The number of nitrogens with zero attached hydrogens (tertiary/aromatic N) is 3. The number of aromatic nitrogens is 2. The van der Waals surface area contributed by atoms with Gasteiger partial charge in [-0.3, -0.25) is 4.79 Å². The summed E-state index contributed by atoms with van der Waals surface area (Å²) in [5.74, 6) is 0.0115. The van der Waals surface area contributed by atoms with Crippen molar-refractivity contribution in [3.05, 3.63) is 17.1 Å². The van der Waals surface area contributed by atoms with Crippen LogP contribution in [0, 0.1) is 0 Å². The quantitative estimate of drug-likeness (QED) is 0.923. The number of nitrogen functional groups attached to an aromatic ring is 1. The fraction of sp³-hybridized carbons (Fsp3) is 0.500. The Morgan fingerprint density at radius 3 is 2.85 bits per heavy atom. The summed E-state index contributed by atoms with van der Waals surface area (Å²) in [6.45, 7) is 0. The van der Waals surface area contributed by atoms with E-state index in [-0.39, 0.29) is 5.91 Å². The summed E-state index contributed by atoms with van der Waals surface area (Å²) in [6.07, 6.45) is 7.47. The van der Waals surface area contributed by atoms with E-state index >= 15 is 0 Å². The average Bonchev–Trinajstić information content (AvgIpc) is 2.84. The molecular weight excluding hydrogens is 272 g/mol. The molecule has 2 heterocycles. The lowest BCUT2D eigenvalue weighted by Gasteiger charge is -2.31. The number of anilines is 1. The first-order valence-electron chi connectivity index (χ1n) is 6.95. The summed E-state index contributed by atoms with van der Waals surface area (Å²) in [7, 11) is 1.88. The van der Waals surface area contributed by atoms with E-state index in [2.05, 4.69) is 10.2 Å². The highest BCUT2D eigenvalue weighted by Gasteiger charge is 2.26. The molecule has 6 heteroatoms. The molecule has 2 aromatic rings. The maximum absolute atomic E-state index is 12.6. The van der Waals surface area contributed by atoms with Gasteiger partial charge in [-0.25, -0.2) is 0 Å². The predicted octanol–water partition coefficient (Wildman–Crippen LogP) is 2.68. The van der Waals surface area contributed by atoms with Crippen molar-refractivity contribution in [1.29, 1.82) is 0 Å². The monoisotopic (exact) mass is 290 g/mol. The fourth-order valence-electron chi connectivity index (χ4n) is 2.83. The number of hydrogen-bond donors (Lipinski definition) is 1. The Kier molecular flexibility index (Phi) is 3.56. The Morgan fingerprint density at radius 2 is 2.15 bits per heavy atom. The van der Waals surface area contributed by atoms with E-state index < -0.39 is 0 Å². The molecule has 1 amide bonds. The normalized spacial score (nSPS) is 16.4. The van der Waals surface area contributed by atoms with Crippen LogP contribution in [0.1, 0.15) is 41.8 Å². The minimum absolute atomic E-state index is 0.0115. The third-order valence-corrected chi connectivity index (χ3v) is 5.15. The lowest BCUT2D eigenvalue weighted by Crippen LogP contribution is -2.38. The van der Waals surface area contributed by atoms with Gasteiger partial charge < -0.3 is 10.6 Å². The van der Waals surface area contributed by atoms with Crippen LogP contribution in [0.3, 0.4) is 0 Å². The zero-order valence-electron chi connectivity index (χ0n) is 11.5. The van der Waals surface area contributed by atoms with Crippen LogP contribution in [0.5, 0.6) is 0 Å². The maximum atomic E-state index is 12.6. The molecular formula is C14H18N4OS. The number of hydrogen-bond acceptors (Lipinski definition) is 5. The van der Waals surface area contributed by atoms with Crippen molar-refractivity contribution >= 4 is 33.1 Å². The van der Waals surface area contributed by atoms with Gasteiger partial charge in [-0.2, -0.15) is 5.10 Å². The highest BCUT2D eigenvalue weighted by atomic mass is 32.1. The number of amides is 1. The molecule has 5 nitrogen and oxygen atoms in total. The maximum Gasteiger partial charge on any atom is 0.266 e. The van der Waals surface area contributed by atoms with Gasteiger partial charge in [0.05, 0.1) is 11.9 Å². The zero-order chi connectivity index (χ0) is 14.1. The number of carbonyl (C=O) groups excluding carboxylic acids is 1. The molecule has 0 saturated heterocycles. The van der Waals surface area contributed by atoms with E-state index in [1.165, 1.54) is 30.6 Å². The van der Waals surface area contributed by atoms with E-state index in [4.69, 9.17) is 5.73 Å². The summed E-state index contributed by atoms with van der Waals surface area (Å²) in [6, 6.07) is 2.15. The minimum atomic E-state index is 0.0115. The second-order valence-electron chi connectivity index (χ2n) is 5.30. The van der Waals surface area contributed by atoms with Crippen molar-refractivity contribution in [1.82, 2.24) is 15.1 Å². The van der Waals surface area contributed by atoms with E-state index in [1.807, 2.05) is 18.0 Å². The smallest absolute Gasteiger partial charge is 0.266 e. The molecule has 1 fully saturated rings. The second kappa shape index (κ2) is 5.36. The van der Waals surface area contributed by atoms with Crippen molar-refractivity contribution in [2.75, 3.05) is 12.8 Å². The predicted molar refractivity (Wildman–Crippen MR) is 80.8 cm³/mol. The first-order chi connectivity index (χ1) is 9.68. The number of carbonyl (C=O) groups is 1. The average molecular weight is 290 g/mol. The number of fused-ring (bicyclic) bond motifs is 1. The van der Waals surface area contributed by atoms with Gasteiger partial charge in [-0.15, -0.1) is 16.4 Å². The fourth-order valence-corrected chi connectivity index (χ4v) is 3.85. The molecule has 2 aromatic heterocycles. The molecule has 0 radical (unpaired) electrons. The van der Waals surface area contributed by atoms with Crippen molar-refractivity contribution in [3.8, 4) is 0 Å². The lowest BCUT2D eigenvalue weighted by atomic mass is 9.94. The summed E-state index contributed by atoms with van der Waals surface area (Å²) < 4.78 is 0. The molecule has 2 N–H and O–H groups in total. The van der Waals surface area contributed by atoms with Gasteiger partial charge >= 0.3 is 0 Å². The molecule has 0 aromatic carbocycles. The molecule has 1 aliphatic rings. The lowest BCUT2D eigenvalue weighted by molar-refractivity contribution is 0.0702. The van der Waals surface area contributed by atoms with Gasteiger partial charge in [-0.05, 0) is 18.9 Å². The molecule has 0 spiro atoms. The molecule has 106 valence electrons. The Morgan fingerprint density at radius 1 is 1.40 bits per heavy atom. The Bertz CT molecular complexity index is 633. The first-order valence-corrected chi connectivity index (χ1v) is 7.77. The van der Waals surface area contributed by atoms with Gasteiger partial charge in [0.2, 0.25) is 0 Å². The summed E-state index contributed by atoms with van der Waals surface area (Å²) in [5.41, 5.74) is 6.64. The van der Waals surface area contributed by atoms with E-state index in [9.17, 15) is 4.79 Å². The minimum Gasteiger partial charge on any atom is -0.397 e. The molecule has 0 atom stereocenters. The number of thiophene rings is 1. The topological polar surface area (TPSA) is 72.1 Å².